The van der Waals surface area contributed by atoms with Crippen LogP contribution in [0.5, 0.6) is 5.88 Å². The van der Waals surface area contributed by atoms with Crippen LogP contribution in [-0.2, 0) is 0 Å². The van der Waals surface area contributed by atoms with E-state index in [9.17, 15) is 0 Å². The molecule has 0 atom stereocenters. The zero-order valence-electron chi connectivity index (χ0n) is 11.4. The van der Waals surface area contributed by atoms with Crippen molar-refractivity contribution in [3.63, 3.8) is 0 Å². The third-order valence-corrected chi connectivity index (χ3v) is 3.88. The Balaban J connectivity index is 1.80. The van der Waals surface area contributed by atoms with Gasteiger partial charge in [-0.15, -0.1) is 0 Å². The molecule has 0 bridgehead atoms. The van der Waals surface area contributed by atoms with Crippen LogP contribution in [0.2, 0.25) is 0 Å². The first kappa shape index (κ1) is 12.4. The molecule has 0 aliphatic carbocycles. The number of hydrogen-bond donors (Lipinski definition) is 1. The zero-order chi connectivity index (χ0) is 13.1. The van der Waals surface area contributed by atoms with Gasteiger partial charge in [-0.3, -0.25) is 0 Å². The highest BCUT2D eigenvalue weighted by Gasteiger charge is 2.15. The SMILES string of the molecule is Cc1cccc2ccnc(OCC3CCNCC3)c12. The third kappa shape index (κ3) is 2.71. The lowest BCUT2D eigenvalue weighted by molar-refractivity contribution is 0.211. The van der Waals surface area contributed by atoms with Crippen molar-refractivity contribution in [3.8, 4) is 5.88 Å². The van der Waals surface area contributed by atoms with Gasteiger partial charge >= 0.3 is 0 Å². The fraction of sp³-hybridized carbons (Fsp3) is 0.438. The smallest absolute Gasteiger partial charge is 0.221 e. The van der Waals surface area contributed by atoms with Gasteiger partial charge in [-0.1, -0.05) is 18.2 Å². The number of benzene rings is 1. The molecule has 0 amide bonds. The summed E-state index contributed by atoms with van der Waals surface area (Å²) in [7, 11) is 0. The number of fused-ring (bicyclic) bond motifs is 1. The van der Waals surface area contributed by atoms with Gasteiger partial charge in [0.1, 0.15) is 0 Å². The molecule has 2 heterocycles. The van der Waals surface area contributed by atoms with Gasteiger partial charge in [-0.25, -0.2) is 4.98 Å². The van der Waals surface area contributed by atoms with Crippen LogP contribution >= 0.6 is 0 Å². The summed E-state index contributed by atoms with van der Waals surface area (Å²) in [5.74, 6) is 1.44. The summed E-state index contributed by atoms with van der Waals surface area (Å²) in [5.41, 5.74) is 1.23. The molecule has 2 aromatic rings. The highest BCUT2D eigenvalue weighted by molar-refractivity contribution is 5.89. The number of ether oxygens (including phenoxy) is 1. The van der Waals surface area contributed by atoms with E-state index in [0.717, 1.165) is 31.0 Å². The van der Waals surface area contributed by atoms with Gasteiger partial charge in [-0.2, -0.15) is 0 Å². The van der Waals surface area contributed by atoms with Crippen molar-refractivity contribution in [2.45, 2.75) is 19.8 Å². The summed E-state index contributed by atoms with van der Waals surface area (Å²) in [6, 6.07) is 8.34. The standard InChI is InChI=1S/C16H20N2O/c1-12-3-2-4-14-7-10-18-16(15(12)14)19-11-13-5-8-17-9-6-13/h2-4,7,10,13,17H,5-6,8-9,11H2,1H3. The molecule has 0 spiro atoms. The Morgan fingerprint density at radius 1 is 1.26 bits per heavy atom. The number of hydrogen-bond acceptors (Lipinski definition) is 3. The first-order valence-electron chi connectivity index (χ1n) is 7.02. The number of aryl methyl sites for hydroxylation is 1. The molecular formula is C16H20N2O. The Morgan fingerprint density at radius 2 is 2.11 bits per heavy atom. The minimum absolute atomic E-state index is 0.655. The Kier molecular flexibility index (Phi) is 3.65. The maximum absolute atomic E-state index is 6.00. The molecule has 19 heavy (non-hydrogen) atoms. The molecule has 1 aromatic carbocycles. The van der Waals surface area contributed by atoms with E-state index < -0.39 is 0 Å². The van der Waals surface area contributed by atoms with Crippen molar-refractivity contribution in [1.82, 2.24) is 10.3 Å². The van der Waals surface area contributed by atoms with Gasteiger partial charge in [0.25, 0.3) is 0 Å². The Labute approximate surface area is 114 Å². The van der Waals surface area contributed by atoms with Crippen molar-refractivity contribution in [3.05, 3.63) is 36.0 Å². The average molecular weight is 256 g/mol. The molecular weight excluding hydrogens is 236 g/mol. The number of pyridine rings is 1. The first-order chi connectivity index (χ1) is 9.34. The average Bonchev–Trinajstić information content (AvgIpc) is 2.46. The number of piperidine rings is 1. The number of nitrogens with one attached hydrogen (secondary N) is 1. The number of nitrogens with zero attached hydrogens (tertiary/aromatic N) is 1. The van der Waals surface area contributed by atoms with E-state index in [1.54, 1.807) is 0 Å². The van der Waals surface area contributed by atoms with Gasteiger partial charge in [0.2, 0.25) is 5.88 Å². The highest BCUT2D eigenvalue weighted by Crippen LogP contribution is 2.27. The molecule has 1 aliphatic rings. The third-order valence-electron chi connectivity index (χ3n) is 3.88. The summed E-state index contributed by atoms with van der Waals surface area (Å²) in [5, 5.41) is 5.74. The monoisotopic (exact) mass is 256 g/mol. The molecule has 1 N–H and O–H groups in total. The highest BCUT2D eigenvalue weighted by atomic mass is 16.5. The lowest BCUT2D eigenvalue weighted by Crippen LogP contribution is -2.30. The van der Waals surface area contributed by atoms with Gasteiger partial charge in [-0.05, 0) is 55.8 Å². The zero-order valence-corrected chi connectivity index (χ0v) is 11.4. The molecule has 0 saturated carbocycles. The summed E-state index contributed by atoms with van der Waals surface area (Å²) < 4.78 is 6.00. The van der Waals surface area contributed by atoms with Crippen LogP contribution in [0.4, 0.5) is 0 Å². The topological polar surface area (TPSA) is 34.1 Å². The number of rotatable bonds is 3. The normalized spacial score (nSPS) is 16.7. The maximum Gasteiger partial charge on any atom is 0.221 e. The van der Waals surface area contributed by atoms with Crippen molar-refractivity contribution < 1.29 is 4.74 Å². The summed E-state index contributed by atoms with van der Waals surface area (Å²) >= 11 is 0. The van der Waals surface area contributed by atoms with Crippen LogP contribution in [-0.4, -0.2) is 24.7 Å². The van der Waals surface area contributed by atoms with E-state index >= 15 is 0 Å². The molecule has 1 aliphatic heterocycles. The van der Waals surface area contributed by atoms with Gasteiger partial charge in [0, 0.05) is 11.6 Å². The van der Waals surface area contributed by atoms with Gasteiger partial charge < -0.3 is 10.1 Å². The van der Waals surface area contributed by atoms with Gasteiger partial charge in [0.05, 0.1) is 6.61 Å². The van der Waals surface area contributed by atoms with Crippen molar-refractivity contribution >= 4 is 10.8 Å². The lowest BCUT2D eigenvalue weighted by atomic mass is 9.99. The van der Waals surface area contributed by atoms with E-state index in [0.29, 0.717) is 5.92 Å². The van der Waals surface area contributed by atoms with E-state index in [1.807, 2.05) is 12.3 Å². The van der Waals surface area contributed by atoms with E-state index in [-0.39, 0.29) is 0 Å². The second-order valence-corrected chi connectivity index (χ2v) is 5.29. The molecule has 0 unspecified atom stereocenters. The van der Waals surface area contributed by atoms with Crippen LogP contribution in [0, 0.1) is 12.8 Å². The fourth-order valence-electron chi connectivity index (χ4n) is 2.73. The molecule has 1 fully saturated rings. The second-order valence-electron chi connectivity index (χ2n) is 5.29. The van der Waals surface area contributed by atoms with Crippen LogP contribution in [0.3, 0.4) is 0 Å². The second kappa shape index (κ2) is 5.57. The molecule has 3 rings (SSSR count). The van der Waals surface area contributed by atoms with E-state index in [1.165, 1.54) is 23.8 Å². The Morgan fingerprint density at radius 3 is 2.95 bits per heavy atom. The van der Waals surface area contributed by atoms with Crippen LogP contribution in [0.25, 0.3) is 10.8 Å². The molecule has 1 saturated heterocycles. The lowest BCUT2D eigenvalue weighted by Gasteiger charge is -2.22. The minimum atomic E-state index is 0.655. The van der Waals surface area contributed by atoms with Crippen LogP contribution < -0.4 is 10.1 Å². The maximum atomic E-state index is 6.00. The first-order valence-corrected chi connectivity index (χ1v) is 7.02. The van der Waals surface area contributed by atoms with E-state index in [2.05, 4.69) is 35.4 Å². The minimum Gasteiger partial charge on any atom is -0.477 e. The van der Waals surface area contributed by atoms with Crippen LogP contribution in [0.15, 0.2) is 30.5 Å². The summed E-state index contributed by atoms with van der Waals surface area (Å²) in [6.07, 6.45) is 4.23. The largest absolute Gasteiger partial charge is 0.477 e. The van der Waals surface area contributed by atoms with Crippen molar-refractivity contribution in [2.24, 2.45) is 5.92 Å². The van der Waals surface area contributed by atoms with Crippen molar-refractivity contribution in [2.75, 3.05) is 19.7 Å². The van der Waals surface area contributed by atoms with Crippen LogP contribution in [0.1, 0.15) is 18.4 Å². The number of aromatic nitrogens is 1. The molecule has 1 aromatic heterocycles. The molecule has 0 radical (unpaired) electrons. The van der Waals surface area contributed by atoms with Gasteiger partial charge in [0.15, 0.2) is 0 Å². The predicted molar refractivity (Wildman–Crippen MR) is 77.6 cm³/mol. The quantitative estimate of drug-likeness (QED) is 0.917. The van der Waals surface area contributed by atoms with Crippen molar-refractivity contribution in [1.29, 1.82) is 0 Å². The Bertz CT molecular complexity index is 556. The summed E-state index contributed by atoms with van der Waals surface area (Å²) in [6.45, 7) is 5.11. The predicted octanol–water partition coefficient (Wildman–Crippen LogP) is 2.92. The molecule has 100 valence electrons. The summed E-state index contributed by atoms with van der Waals surface area (Å²) in [4.78, 5) is 4.41. The van der Waals surface area contributed by atoms with E-state index in [4.69, 9.17) is 4.74 Å². The Hall–Kier alpha value is -1.61. The molecule has 3 heteroatoms. The molecule has 3 nitrogen and oxygen atoms in total. The fourth-order valence-corrected chi connectivity index (χ4v) is 2.73.